The number of rotatable bonds is 0. The predicted molar refractivity (Wildman–Crippen MR) is 44.6 cm³/mol. The van der Waals surface area contributed by atoms with Crippen molar-refractivity contribution in [2.24, 2.45) is 0 Å². The van der Waals surface area contributed by atoms with Gasteiger partial charge in [0.15, 0.2) is 5.65 Å². The minimum atomic E-state index is 0. The topological polar surface area (TPSA) is 56.2 Å². The lowest BCUT2D eigenvalue weighted by Gasteiger charge is -1.92. The molecule has 0 bridgehead atoms. The normalized spacial score (nSPS) is 9.45. The highest BCUT2D eigenvalue weighted by Crippen LogP contribution is 2.07. The number of nitrogens with two attached hydrogens (primary N) is 1. The van der Waals surface area contributed by atoms with Crippen LogP contribution in [0.1, 0.15) is 0 Å². The standard InChI is InChI=1S/C6H6N4.ClH/c7-5-2-1-3-10-4-8-9-6(5)10;/h1-4H,7H2;1H. The maximum Gasteiger partial charge on any atom is 0.183 e. The molecular formula is C6H7ClN4. The second-order valence-corrected chi connectivity index (χ2v) is 2.03. The molecule has 0 saturated carbocycles. The average molecular weight is 171 g/mol. The van der Waals surface area contributed by atoms with Crippen molar-refractivity contribution < 1.29 is 0 Å². The monoisotopic (exact) mass is 170 g/mol. The Bertz CT molecular complexity index is 356. The number of halogens is 1. The molecule has 2 aromatic rings. The fourth-order valence-electron chi connectivity index (χ4n) is 0.872. The highest BCUT2D eigenvalue weighted by molar-refractivity contribution is 5.85. The van der Waals surface area contributed by atoms with Gasteiger partial charge >= 0.3 is 0 Å². The van der Waals surface area contributed by atoms with Gasteiger partial charge in [0.05, 0.1) is 5.69 Å². The molecule has 0 unspecified atom stereocenters. The van der Waals surface area contributed by atoms with Crippen LogP contribution in [0.5, 0.6) is 0 Å². The number of nitrogens with zero attached hydrogens (tertiary/aromatic N) is 3. The largest absolute Gasteiger partial charge is 0.396 e. The summed E-state index contributed by atoms with van der Waals surface area (Å²) < 4.78 is 1.77. The maximum atomic E-state index is 5.58. The van der Waals surface area contributed by atoms with Crippen LogP contribution < -0.4 is 5.73 Å². The Morgan fingerprint density at radius 1 is 1.45 bits per heavy atom. The fourth-order valence-corrected chi connectivity index (χ4v) is 0.872. The van der Waals surface area contributed by atoms with Gasteiger partial charge in [0, 0.05) is 6.20 Å². The Morgan fingerprint density at radius 2 is 2.27 bits per heavy atom. The van der Waals surface area contributed by atoms with Gasteiger partial charge in [-0.2, -0.15) is 0 Å². The van der Waals surface area contributed by atoms with Crippen molar-refractivity contribution in [3.05, 3.63) is 24.7 Å². The molecule has 0 saturated heterocycles. The molecule has 2 rings (SSSR count). The summed E-state index contributed by atoms with van der Waals surface area (Å²) in [5.74, 6) is 0. The van der Waals surface area contributed by atoms with E-state index in [4.69, 9.17) is 5.73 Å². The molecule has 2 N–H and O–H groups in total. The van der Waals surface area contributed by atoms with Gasteiger partial charge in [-0.3, -0.25) is 4.40 Å². The number of pyridine rings is 1. The summed E-state index contributed by atoms with van der Waals surface area (Å²) in [5, 5.41) is 7.50. The molecule has 0 atom stereocenters. The summed E-state index contributed by atoms with van der Waals surface area (Å²) in [6.45, 7) is 0. The summed E-state index contributed by atoms with van der Waals surface area (Å²) in [5.41, 5.74) is 6.94. The number of hydrogen-bond donors (Lipinski definition) is 1. The number of aromatic nitrogens is 3. The molecule has 0 spiro atoms. The Labute approximate surface area is 69.5 Å². The van der Waals surface area contributed by atoms with Gasteiger partial charge in [-0.15, -0.1) is 22.6 Å². The molecule has 11 heavy (non-hydrogen) atoms. The van der Waals surface area contributed by atoms with Crippen LogP contribution in [0.4, 0.5) is 5.69 Å². The third-order valence-corrected chi connectivity index (χ3v) is 1.35. The van der Waals surface area contributed by atoms with E-state index < -0.39 is 0 Å². The zero-order valence-corrected chi connectivity index (χ0v) is 6.45. The SMILES string of the molecule is Cl.Nc1cccn2cnnc12. The van der Waals surface area contributed by atoms with Gasteiger partial charge in [0.25, 0.3) is 0 Å². The van der Waals surface area contributed by atoms with Crippen molar-refractivity contribution in [2.75, 3.05) is 5.73 Å². The molecule has 5 heteroatoms. The van der Waals surface area contributed by atoms with E-state index in [1.54, 1.807) is 16.8 Å². The highest BCUT2D eigenvalue weighted by Gasteiger charge is 1.95. The van der Waals surface area contributed by atoms with Gasteiger partial charge in [-0.1, -0.05) is 0 Å². The zero-order chi connectivity index (χ0) is 6.97. The van der Waals surface area contributed by atoms with Gasteiger partial charge in [0.2, 0.25) is 0 Å². The zero-order valence-electron chi connectivity index (χ0n) is 5.64. The second kappa shape index (κ2) is 2.75. The van der Waals surface area contributed by atoms with E-state index in [0.717, 1.165) is 0 Å². The number of fused-ring (bicyclic) bond motifs is 1. The first-order chi connectivity index (χ1) is 4.88. The third kappa shape index (κ3) is 1.12. The van der Waals surface area contributed by atoms with Crippen LogP contribution >= 0.6 is 12.4 Å². The molecule has 0 amide bonds. The number of anilines is 1. The van der Waals surface area contributed by atoms with Crippen molar-refractivity contribution in [1.82, 2.24) is 14.6 Å². The quantitative estimate of drug-likeness (QED) is 0.634. The molecule has 0 aliphatic rings. The highest BCUT2D eigenvalue weighted by atomic mass is 35.5. The number of hydrogen-bond acceptors (Lipinski definition) is 3. The summed E-state index contributed by atoms with van der Waals surface area (Å²) in [7, 11) is 0. The van der Waals surface area contributed by atoms with Crippen LogP contribution in [0.2, 0.25) is 0 Å². The van der Waals surface area contributed by atoms with Crippen LogP contribution in [-0.4, -0.2) is 14.6 Å². The van der Waals surface area contributed by atoms with E-state index in [1.165, 1.54) is 0 Å². The lowest BCUT2D eigenvalue weighted by Crippen LogP contribution is -1.90. The maximum absolute atomic E-state index is 5.58. The van der Waals surface area contributed by atoms with E-state index in [1.807, 2.05) is 12.3 Å². The summed E-state index contributed by atoms with van der Waals surface area (Å²) in [4.78, 5) is 0. The van der Waals surface area contributed by atoms with E-state index >= 15 is 0 Å². The molecule has 0 fully saturated rings. The van der Waals surface area contributed by atoms with E-state index in [9.17, 15) is 0 Å². The first-order valence-corrected chi connectivity index (χ1v) is 2.92. The summed E-state index contributed by atoms with van der Waals surface area (Å²) >= 11 is 0. The van der Waals surface area contributed by atoms with Crippen molar-refractivity contribution in [1.29, 1.82) is 0 Å². The molecule has 4 nitrogen and oxygen atoms in total. The van der Waals surface area contributed by atoms with Gasteiger partial charge in [-0.25, -0.2) is 0 Å². The van der Waals surface area contributed by atoms with E-state index in [-0.39, 0.29) is 12.4 Å². The number of nitrogen functional groups attached to an aromatic ring is 1. The van der Waals surface area contributed by atoms with Crippen LogP contribution in [0.25, 0.3) is 5.65 Å². The van der Waals surface area contributed by atoms with Crippen molar-refractivity contribution >= 4 is 23.7 Å². The van der Waals surface area contributed by atoms with Crippen LogP contribution in [0, 0.1) is 0 Å². The van der Waals surface area contributed by atoms with Crippen LogP contribution in [0.15, 0.2) is 24.7 Å². The Hall–Kier alpha value is -1.29. The van der Waals surface area contributed by atoms with Crippen molar-refractivity contribution in [3.8, 4) is 0 Å². The van der Waals surface area contributed by atoms with Crippen LogP contribution in [-0.2, 0) is 0 Å². The fraction of sp³-hybridized carbons (Fsp3) is 0. The Kier molecular flexibility index (Phi) is 1.96. The van der Waals surface area contributed by atoms with Gasteiger partial charge in [0.1, 0.15) is 6.33 Å². The minimum Gasteiger partial charge on any atom is -0.396 e. The predicted octanol–water partition coefficient (Wildman–Crippen LogP) is 0.733. The van der Waals surface area contributed by atoms with Crippen molar-refractivity contribution in [2.45, 2.75) is 0 Å². The summed E-state index contributed by atoms with van der Waals surface area (Å²) in [6, 6.07) is 3.65. The molecular weight excluding hydrogens is 164 g/mol. The van der Waals surface area contributed by atoms with E-state index in [0.29, 0.717) is 11.3 Å². The smallest absolute Gasteiger partial charge is 0.183 e. The van der Waals surface area contributed by atoms with Crippen LogP contribution in [0.3, 0.4) is 0 Å². The molecule has 0 aliphatic carbocycles. The third-order valence-electron chi connectivity index (χ3n) is 1.35. The second-order valence-electron chi connectivity index (χ2n) is 2.03. The molecule has 0 aliphatic heterocycles. The lowest BCUT2D eigenvalue weighted by molar-refractivity contribution is 1.10. The van der Waals surface area contributed by atoms with Gasteiger partial charge in [-0.05, 0) is 12.1 Å². The molecule has 2 aromatic heterocycles. The van der Waals surface area contributed by atoms with Crippen molar-refractivity contribution in [3.63, 3.8) is 0 Å². The Balaban J connectivity index is 0.000000605. The lowest BCUT2D eigenvalue weighted by atomic mass is 10.4. The average Bonchev–Trinajstić information content (AvgIpc) is 2.36. The first kappa shape index (κ1) is 7.81. The molecule has 58 valence electrons. The Morgan fingerprint density at radius 3 is 3.00 bits per heavy atom. The van der Waals surface area contributed by atoms with E-state index in [2.05, 4.69) is 10.2 Å². The molecule has 0 radical (unpaired) electrons. The first-order valence-electron chi connectivity index (χ1n) is 2.92. The molecule has 0 aromatic carbocycles. The summed E-state index contributed by atoms with van der Waals surface area (Å²) in [6.07, 6.45) is 3.47. The minimum absolute atomic E-state index is 0. The molecule has 2 heterocycles. The van der Waals surface area contributed by atoms with Gasteiger partial charge < -0.3 is 5.73 Å².